The van der Waals surface area contributed by atoms with Gasteiger partial charge in [-0.2, -0.15) is 0 Å². The smallest absolute Gasteiger partial charge is 0.240 e. The Balaban J connectivity index is 1.71. The van der Waals surface area contributed by atoms with Crippen LogP contribution in [-0.2, 0) is 14.8 Å². The lowest BCUT2D eigenvalue weighted by atomic mass is 10.0. The van der Waals surface area contributed by atoms with Gasteiger partial charge in [-0.15, -0.1) is 0 Å². The molecule has 1 aromatic heterocycles. The van der Waals surface area contributed by atoms with Crippen LogP contribution in [0.3, 0.4) is 0 Å². The minimum atomic E-state index is -3.61. The van der Waals surface area contributed by atoms with Gasteiger partial charge < -0.3 is 9.73 Å². The molecular weight excluding hydrogens is 390 g/mol. The SMILES string of the molecule is CNS(=O)(=O)c1cc(NC(=O)CN[C@@H](c2ccccc2)c2ccco2)ccc1C. The van der Waals surface area contributed by atoms with Crippen LogP contribution in [0.15, 0.2) is 76.2 Å². The summed E-state index contributed by atoms with van der Waals surface area (Å²) in [6.45, 7) is 1.72. The molecule has 0 aliphatic heterocycles. The molecule has 0 unspecified atom stereocenters. The van der Waals surface area contributed by atoms with E-state index in [1.807, 2.05) is 36.4 Å². The molecule has 152 valence electrons. The molecule has 7 nitrogen and oxygen atoms in total. The number of rotatable bonds is 8. The number of benzene rings is 2. The first-order chi connectivity index (χ1) is 13.9. The van der Waals surface area contributed by atoms with Crippen molar-refractivity contribution >= 4 is 21.6 Å². The molecule has 0 radical (unpaired) electrons. The van der Waals surface area contributed by atoms with Crippen molar-refractivity contribution in [3.63, 3.8) is 0 Å². The number of sulfonamides is 1. The molecule has 1 atom stereocenters. The van der Waals surface area contributed by atoms with Crippen molar-refractivity contribution in [3.05, 3.63) is 83.8 Å². The molecule has 8 heteroatoms. The molecular formula is C21H23N3O4S. The highest BCUT2D eigenvalue weighted by Gasteiger charge is 2.19. The van der Waals surface area contributed by atoms with Crippen molar-refractivity contribution in [3.8, 4) is 0 Å². The van der Waals surface area contributed by atoms with Gasteiger partial charge in [-0.25, -0.2) is 13.1 Å². The van der Waals surface area contributed by atoms with E-state index in [9.17, 15) is 13.2 Å². The zero-order valence-corrected chi connectivity index (χ0v) is 17.0. The highest BCUT2D eigenvalue weighted by atomic mass is 32.2. The summed E-state index contributed by atoms with van der Waals surface area (Å²) in [5, 5.41) is 5.92. The van der Waals surface area contributed by atoms with Crippen molar-refractivity contribution in [2.24, 2.45) is 0 Å². The minimum absolute atomic E-state index is 0.0161. The quantitative estimate of drug-likeness (QED) is 0.527. The molecule has 0 bridgehead atoms. The fourth-order valence-corrected chi connectivity index (χ4v) is 3.95. The molecule has 0 aliphatic carbocycles. The second kappa shape index (κ2) is 9.04. The number of carbonyl (C=O) groups excluding carboxylic acids is 1. The number of amides is 1. The van der Waals surface area contributed by atoms with Gasteiger partial charge >= 0.3 is 0 Å². The van der Waals surface area contributed by atoms with Crippen LogP contribution in [0, 0.1) is 6.92 Å². The first kappa shape index (κ1) is 20.8. The molecule has 3 rings (SSSR count). The van der Waals surface area contributed by atoms with Crippen molar-refractivity contribution in [1.29, 1.82) is 0 Å². The van der Waals surface area contributed by atoms with Crippen molar-refractivity contribution in [1.82, 2.24) is 10.0 Å². The number of furan rings is 1. The lowest BCUT2D eigenvalue weighted by Gasteiger charge is -2.17. The largest absolute Gasteiger partial charge is 0.467 e. The standard InChI is InChI=1S/C21H23N3O4S/c1-15-10-11-17(13-19(15)29(26,27)22-2)24-20(25)14-23-21(18-9-6-12-28-18)16-7-4-3-5-8-16/h3-13,21-23H,14H2,1-2H3,(H,24,25)/t21-/m0/s1. The van der Waals surface area contributed by atoms with Gasteiger partial charge in [0, 0.05) is 5.69 Å². The highest BCUT2D eigenvalue weighted by Crippen LogP contribution is 2.23. The average molecular weight is 413 g/mol. The Morgan fingerprint density at radius 2 is 1.83 bits per heavy atom. The molecule has 3 N–H and O–H groups in total. The van der Waals surface area contributed by atoms with Crippen molar-refractivity contribution < 1.29 is 17.6 Å². The highest BCUT2D eigenvalue weighted by molar-refractivity contribution is 7.89. The Morgan fingerprint density at radius 1 is 1.07 bits per heavy atom. The molecule has 0 fully saturated rings. The monoisotopic (exact) mass is 413 g/mol. The van der Waals surface area contributed by atoms with Crippen LogP contribution in [0.5, 0.6) is 0 Å². The van der Waals surface area contributed by atoms with Gasteiger partial charge in [-0.05, 0) is 49.4 Å². The van der Waals surface area contributed by atoms with Crippen LogP contribution in [0.4, 0.5) is 5.69 Å². The maximum absolute atomic E-state index is 12.5. The number of hydrogen-bond donors (Lipinski definition) is 3. The van der Waals surface area contributed by atoms with E-state index in [-0.39, 0.29) is 23.4 Å². The number of anilines is 1. The summed E-state index contributed by atoms with van der Waals surface area (Å²) in [7, 11) is -2.26. The summed E-state index contributed by atoms with van der Waals surface area (Å²) in [6, 6.07) is 17.8. The molecule has 0 saturated heterocycles. The van der Waals surface area contributed by atoms with Crippen LogP contribution in [0.1, 0.15) is 22.9 Å². The van der Waals surface area contributed by atoms with E-state index in [0.29, 0.717) is 17.0 Å². The van der Waals surface area contributed by atoms with Gasteiger partial charge in [-0.3, -0.25) is 10.1 Å². The second-order valence-electron chi connectivity index (χ2n) is 6.48. The Labute approximate surface area is 170 Å². The second-order valence-corrected chi connectivity index (χ2v) is 8.33. The Morgan fingerprint density at radius 3 is 2.48 bits per heavy atom. The van der Waals surface area contributed by atoms with Gasteiger partial charge in [0.05, 0.1) is 23.7 Å². The fraction of sp³-hybridized carbons (Fsp3) is 0.190. The average Bonchev–Trinajstić information content (AvgIpc) is 3.25. The summed E-state index contributed by atoms with van der Waals surface area (Å²) < 4.78 is 32.0. The summed E-state index contributed by atoms with van der Waals surface area (Å²) in [6.07, 6.45) is 1.59. The van der Waals surface area contributed by atoms with Crippen LogP contribution < -0.4 is 15.4 Å². The maximum Gasteiger partial charge on any atom is 0.240 e. The molecule has 29 heavy (non-hydrogen) atoms. The van der Waals surface area contributed by atoms with Gasteiger partial charge in [0.15, 0.2) is 0 Å². The summed E-state index contributed by atoms with van der Waals surface area (Å²) in [5.74, 6) is 0.399. The molecule has 0 saturated carbocycles. The number of aryl methyl sites for hydroxylation is 1. The molecule has 1 heterocycles. The number of nitrogens with one attached hydrogen (secondary N) is 3. The summed E-state index contributed by atoms with van der Waals surface area (Å²) >= 11 is 0. The normalized spacial score (nSPS) is 12.5. The zero-order chi connectivity index (χ0) is 20.9. The summed E-state index contributed by atoms with van der Waals surface area (Å²) in [5.41, 5.74) is 1.97. The molecule has 3 aromatic rings. The first-order valence-corrected chi connectivity index (χ1v) is 10.5. The third-order valence-corrected chi connectivity index (χ3v) is 6.01. The number of carbonyl (C=O) groups is 1. The fourth-order valence-electron chi connectivity index (χ4n) is 2.96. The zero-order valence-electron chi connectivity index (χ0n) is 16.2. The first-order valence-electron chi connectivity index (χ1n) is 9.06. The van der Waals surface area contributed by atoms with Gasteiger partial charge in [0.2, 0.25) is 15.9 Å². The van der Waals surface area contributed by atoms with E-state index in [0.717, 1.165) is 5.56 Å². The molecule has 0 spiro atoms. The van der Waals surface area contributed by atoms with E-state index in [1.165, 1.54) is 13.1 Å². The van der Waals surface area contributed by atoms with E-state index >= 15 is 0 Å². The van der Waals surface area contributed by atoms with Gasteiger partial charge in [0.25, 0.3) is 0 Å². The van der Waals surface area contributed by atoms with Crippen LogP contribution >= 0.6 is 0 Å². The van der Waals surface area contributed by atoms with Crippen LogP contribution in [0.2, 0.25) is 0 Å². The maximum atomic E-state index is 12.5. The minimum Gasteiger partial charge on any atom is -0.467 e. The van der Waals surface area contributed by atoms with E-state index in [4.69, 9.17) is 4.42 Å². The summed E-state index contributed by atoms with van der Waals surface area (Å²) in [4.78, 5) is 12.6. The molecule has 2 aromatic carbocycles. The Hall–Kier alpha value is -2.94. The lowest BCUT2D eigenvalue weighted by molar-refractivity contribution is -0.115. The van der Waals surface area contributed by atoms with Gasteiger partial charge in [0.1, 0.15) is 5.76 Å². The third-order valence-electron chi connectivity index (χ3n) is 4.46. The van der Waals surface area contributed by atoms with Crippen LogP contribution in [-0.4, -0.2) is 27.9 Å². The van der Waals surface area contributed by atoms with Crippen LogP contribution in [0.25, 0.3) is 0 Å². The van der Waals surface area contributed by atoms with E-state index in [2.05, 4.69) is 15.4 Å². The molecule has 0 aliphatic rings. The van der Waals surface area contributed by atoms with Gasteiger partial charge in [-0.1, -0.05) is 36.4 Å². The predicted octanol–water partition coefficient (Wildman–Crippen LogP) is 2.81. The topological polar surface area (TPSA) is 100 Å². The van der Waals surface area contributed by atoms with Crippen molar-refractivity contribution in [2.45, 2.75) is 17.9 Å². The Bertz CT molecular complexity index is 1060. The predicted molar refractivity (Wildman–Crippen MR) is 111 cm³/mol. The number of hydrogen-bond acceptors (Lipinski definition) is 5. The van der Waals surface area contributed by atoms with E-state index < -0.39 is 10.0 Å². The Kier molecular flexibility index (Phi) is 6.48. The lowest BCUT2D eigenvalue weighted by Crippen LogP contribution is -2.31. The third kappa shape index (κ3) is 5.11. The molecule has 1 amide bonds. The van der Waals surface area contributed by atoms with E-state index in [1.54, 1.807) is 31.4 Å². The van der Waals surface area contributed by atoms with Crippen molar-refractivity contribution in [2.75, 3.05) is 18.9 Å².